The van der Waals surface area contributed by atoms with E-state index >= 15 is 4.39 Å². The Hall–Kier alpha value is -2.05. The molecule has 1 aromatic carbocycles. The van der Waals surface area contributed by atoms with Crippen molar-refractivity contribution in [2.75, 3.05) is 6.61 Å². The Balaban J connectivity index is 1.93. The number of ether oxygens (including phenoxy) is 2. The highest BCUT2D eigenvalue weighted by Crippen LogP contribution is 2.47. The smallest absolute Gasteiger partial charge is 0.169 e. The van der Waals surface area contributed by atoms with Gasteiger partial charge in [0.05, 0.1) is 0 Å². The van der Waals surface area contributed by atoms with Crippen molar-refractivity contribution in [2.24, 2.45) is 0 Å². The molecule has 0 saturated carbocycles. The molecule has 5 nitrogen and oxygen atoms in total. The largest absolute Gasteiger partial charge is 0.373 e. The van der Waals surface area contributed by atoms with Crippen LogP contribution in [0, 0.1) is 17.1 Å². The number of benzene rings is 1. The molecule has 0 N–H and O–H groups in total. The topological polar surface area (TPSA) is 60.1 Å². The molecule has 8 heteroatoms. The number of fused-ring (bicyclic) bond motifs is 1. The zero-order chi connectivity index (χ0) is 26.9. The van der Waals surface area contributed by atoms with Crippen LogP contribution in [0.2, 0.25) is 16.6 Å². The third-order valence-corrected chi connectivity index (χ3v) is 15.7. The first-order valence-corrected chi connectivity index (χ1v) is 16.2. The predicted molar refractivity (Wildman–Crippen MR) is 152 cm³/mol. The predicted octanol–water partition coefficient (Wildman–Crippen LogP) is 8.47. The molecule has 3 heterocycles. The number of rotatable bonds is 8. The maximum absolute atomic E-state index is 16.3. The summed E-state index contributed by atoms with van der Waals surface area (Å²) in [6, 6.07) is 9.43. The van der Waals surface area contributed by atoms with Crippen LogP contribution in [0.4, 0.5) is 4.39 Å². The van der Waals surface area contributed by atoms with Gasteiger partial charge < -0.3 is 13.7 Å². The van der Waals surface area contributed by atoms with Crippen LogP contribution in [0.15, 0.2) is 41.1 Å². The fourth-order valence-corrected chi connectivity index (χ4v) is 14.0. The molecule has 4 rings (SSSR count). The van der Waals surface area contributed by atoms with Crippen molar-refractivity contribution in [1.29, 1.82) is 5.26 Å². The summed E-state index contributed by atoms with van der Waals surface area (Å²) in [5.74, 6) is -0.368. The van der Waals surface area contributed by atoms with Gasteiger partial charge in [-0.1, -0.05) is 47.6 Å². The van der Waals surface area contributed by atoms with E-state index in [0.717, 1.165) is 30.2 Å². The normalized spacial score (nSPS) is 17.6. The van der Waals surface area contributed by atoms with E-state index in [9.17, 15) is 5.26 Å². The van der Waals surface area contributed by atoms with Gasteiger partial charge in [-0.3, -0.25) is 0 Å². The Morgan fingerprint density at radius 1 is 1.16 bits per heavy atom. The van der Waals surface area contributed by atoms with Crippen molar-refractivity contribution in [3.05, 3.63) is 63.8 Å². The number of halogens is 2. The Labute approximate surface area is 229 Å². The zero-order valence-electron chi connectivity index (χ0n) is 22.6. The molecule has 3 aromatic rings. The molecule has 2 aromatic heterocycles. The molecule has 198 valence electrons. The van der Waals surface area contributed by atoms with E-state index in [-0.39, 0.29) is 11.5 Å². The van der Waals surface area contributed by atoms with Crippen molar-refractivity contribution >= 4 is 35.1 Å². The Kier molecular flexibility index (Phi) is 8.59. The van der Waals surface area contributed by atoms with Crippen LogP contribution in [0.1, 0.15) is 83.7 Å². The molecule has 37 heavy (non-hydrogen) atoms. The second-order valence-electron chi connectivity index (χ2n) is 10.9. The van der Waals surface area contributed by atoms with Crippen molar-refractivity contribution < 1.29 is 13.9 Å². The van der Waals surface area contributed by atoms with E-state index < -0.39 is 20.6 Å². The third-order valence-electron chi connectivity index (χ3n) is 8.03. The summed E-state index contributed by atoms with van der Waals surface area (Å²) in [5, 5.41) is 10.7. The van der Waals surface area contributed by atoms with Gasteiger partial charge in [-0.25, -0.2) is 9.37 Å². The first-order valence-electron chi connectivity index (χ1n) is 13.3. The van der Waals surface area contributed by atoms with E-state index in [2.05, 4.69) is 85.0 Å². The molecule has 1 fully saturated rings. The van der Waals surface area contributed by atoms with Crippen LogP contribution in [0.5, 0.6) is 0 Å². The lowest BCUT2D eigenvalue weighted by Gasteiger charge is -2.44. The SMILES string of the molecule is CC(C)[Si](C(C)C)(C(C)C)n1ccc2c(Br)c(C(OC3CCCCO3)c3cccnc3C#N)c(F)cc21. The highest BCUT2D eigenvalue weighted by atomic mass is 79.9. The van der Waals surface area contributed by atoms with E-state index in [1.54, 1.807) is 24.4 Å². The third kappa shape index (κ3) is 4.92. The first-order chi connectivity index (χ1) is 17.6. The molecule has 2 unspecified atom stereocenters. The van der Waals surface area contributed by atoms with Crippen molar-refractivity contribution in [2.45, 2.75) is 89.8 Å². The van der Waals surface area contributed by atoms with Gasteiger partial charge in [0, 0.05) is 39.3 Å². The summed E-state index contributed by atoms with van der Waals surface area (Å²) in [5.41, 5.74) is 3.43. The van der Waals surface area contributed by atoms with E-state index in [4.69, 9.17) is 9.47 Å². The Morgan fingerprint density at radius 2 is 1.86 bits per heavy atom. The minimum Gasteiger partial charge on any atom is -0.373 e. The summed E-state index contributed by atoms with van der Waals surface area (Å²) >= 11 is 3.77. The number of hydrogen-bond acceptors (Lipinski definition) is 4. The standard InChI is InChI=1S/C29H37BrFN3O2Si/c1-18(2)37(19(3)4,20(5)6)34-14-12-22-25(34)16-23(31)27(28(22)30)29(36-26-11-7-8-15-35-26)21-10-9-13-33-24(21)17-32/h9-10,12-14,16,18-20,26,29H,7-8,11,15H2,1-6H3. The maximum Gasteiger partial charge on any atom is 0.169 e. The van der Waals surface area contributed by atoms with Crippen LogP contribution in [-0.4, -0.2) is 30.3 Å². The summed E-state index contributed by atoms with van der Waals surface area (Å²) < 4.78 is 31.6. The van der Waals surface area contributed by atoms with Crippen LogP contribution >= 0.6 is 15.9 Å². The van der Waals surface area contributed by atoms with Gasteiger partial charge in [-0.15, -0.1) is 0 Å². The van der Waals surface area contributed by atoms with Crippen LogP contribution in [0.25, 0.3) is 10.9 Å². The molecule has 1 saturated heterocycles. The van der Waals surface area contributed by atoms with Gasteiger partial charge >= 0.3 is 0 Å². The lowest BCUT2D eigenvalue weighted by molar-refractivity contribution is -0.182. The minimum atomic E-state index is -2.10. The lowest BCUT2D eigenvalue weighted by Crippen LogP contribution is -2.51. The van der Waals surface area contributed by atoms with Crippen molar-refractivity contribution in [1.82, 2.24) is 9.22 Å². The fourth-order valence-electron chi connectivity index (χ4n) is 6.63. The van der Waals surface area contributed by atoms with Gasteiger partial charge in [0.15, 0.2) is 14.5 Å². The average Bonchev–Trinajstić information content (AvgIpc) is 3.27. The lowest BCUT2D eigenvalue weighted by atomic mass is 9.98. The molecular weight excluding hydrogens is 549 g/mol. The summed E-state index contributed by atoms with van der Waals surface area (Å²) in [4.78, 5) is 4.23. The molecule has 0 amide bonds. The van der Waals surface area contributed by atoms with E-state index in [1.165, 1.54) is 0 Å². The molecule has 0 spiro atoms. The summed E-state index contributed by atoms with van der Waals surface area (Å²) in [7, 11) is -2.10. The van der Waals surface area contributed by atoms with Crippen LogP contribution in [0.3, 0.4) is 0 Å². The molecule has 2 atom stereocenters. The molecule has 0 bridgehead atoms. The number of nitriles is 1. The van der Waals surface area contributed by atoms with Gasteiger partial charge in [0.1, 0.15) is 23.7 Å². The maximum atomic E-state index is 16.3. The quantitative estimate of drug-likeness (QED) is 0.249. The van der Waals surface area contributed by atoms with Gasteiger partial charge in [-0.2, -0.15) is 5.26 Å². The highest BCUT2D eigenvalue weighted by Gasteiger charge is 2.46. The fraction of sp³-hybridized carbons (Fsp3) is 0.517. The molecular formula is C29H37BrFN3O2Si. The first kappa shape index (κ1) is 28.0. The van der Waals surface area contributed by atoms with Crippen molar-refractivity contribution in [3.63, 3.8) is 0 Å². The Bertz CT molecular complexity index is 1270. The zero-order valence-corrected chi connectivity index (χ0v) is 25.2. The number of aromatic nitrogens is 2. The molecule has 1 aliphatic rings. The molecule has 0 radical (unpaired) electrons. The average molecular weight is 587 g/mol. The summed E-state index contributed by atoms with van der Waals surface area (Å²) in [6.45, 7) is 14.4. The van der Waals surface area contributed by atoms with Crippen molar-refractivity contribution in [3.8, 4) is 6.07 Å². The van der Waals surface area contributed by atoms with Crippen LogP contribution < -0.4 is 0 Å². The second-order valence-corrected chi connectivity index (χ2v) is 17.4. The van der Waals surface area contributed by atoms with E-state index in [0.29, 0.717) is 38.8 Å². The van der Waals surface area contributed by atoms with Gasteiger partial charge in [0.2, 0.25) is 0 Å². The number of nitrogens with zero attached hydrogens (tertiary/aromatic N) is 3. The summed E-state index contributed by atoms with van der Waals surface area (Å²) in [6.07, 6.45) is 5.09. The minimum absolute atomic E-state index is 0.220. The second kappa shape index (κ2) is 11.4. The van der Waals surface area contributed by atoms with Crippen LogP contribution in [-0.2, 0) is 9.47 Å². The number of hydrogen-bond donors (Lipinski definition) is 0. The number of pyridine rings is 1. The van der Waals surface area contributed by atoms with Gasteiger partial charge in [-0.05, 0) is 76.2 Å². The molecule has 1 aliphatic heterocycles. The monoisotopic (exact) mass is 585 g/mol. The molecule has 0 aliphatic carbocycles. The van der Waals surface area contributed by atoms with E-state index in [1.807, 2.05) is 0 Å². The Morgan fingerprint density at radius 3 is 2.46 bits per heavy atom. The van der Waals surface area contributed by atoms with Gasteiger partial charge in [0.25, 0.3) is 0 Å². The highest BCUT2D eigenvalue weighted by molar-refractivity contribution is 9.10.